The van der Waals surface area contributed by atoms with E-state index in [1.54, 1.807) is 22.6 Å². The van der Waals surface area contributed by atoms with E-state index in [1.165, 1.54) is 0 Å². The van der Waals surface area contributed by atoms with Crippen LogP contribution in [-0.4, -0.2) is 23.6 Å². The minimum absolute atomic E-state index is 0.0119. The molecule has 0 fully saturated rings. The van der Waals surface area contributed by atoms with Gasteiger partial charge >= 0.3 is 12.4 Å². The molecule has 4 rings (SSSR count). The molecule has 0 aliphatic carbocycles. The summed E-state index contributed by atoms with van der Waals surface area (Å²) in [5.41, 5.74) is -3.19. The Morgan fingerprint density at radius 1 is 1.00 bits per heavy atom. The van der Waals surface area contributed by atoms with E-state index in [0.29, 0.717) is 6.07 Å². The molecule has 0 radical (unpaired) electrons. The summed E-state index contributed by atoms with van der Waals surface area (Å²) < 4.78 is 80.3. The van der Waals surface area contributed by atoms with Crippen LogP contribution in [-0.2, 0) is 12.4 Å². The number of hydrogen-bond donors (Lipinski definition) is 0. The molecule has 4 aromatic rings. The maximum atomic E-state index is 12.9. The minimum Gasteiger partial charge on any atom is -0.292 e. The predicted octanol–water partition coefficient (Wildman–Crippen LogP) is 3.78. The van der Waals surface area contributed by atoms with Crippen molar-refractivity contribution < 1.29 is 26.3 Å². The summed E-state index contributed by atoms with van der Waals surface area (Å²) >= 11 is 1.71. The maximum absolute atomic E-state index is 12.9. The second-order valence-corrected chi connectivity index (χ2v) is 6.72. The summed E-state index contributed by atoms with van der Waals surface area (Å²) in [7, 11) is 0. The number of hydrogen-bond acceptors (Lipinski definition) is 3. The molecule has 0 saturated heterocycles. The summed E-state index contributed by atoms with van der Waals surface area (Å²) in [5.74, 6) is -0.0119. The van der Waals surface area contributed by atoms with Gasteiger partial charge in [0.2, 0.25) is 0 Å². The molecular formula is C15H6F6IN5O. The molecule has 146 valence electrons. The van der Waals surface area contributed by atoms with Gasteiger partial charge in [0.1, 0.15) is 14.9 Å². The summed E-state index contributed by atoms with van der Waals surface area (Å²) in [6.07, 6.45) is -6.18. The largest absolute Gasteiger partial charge is 0.435 e. The maximum Gasteiger partial charge on any atom is 0.435 e. The van der Waals surface area contributed by atoms with Crippen LogP contribution in [0.25, 0.3) is 17.0 Å². The van der Waals surface area contributed by atoms with Gasteiger partial charge in [0.05, 0.1) is 5.56 Å². The molecule has 0 aromatic carbocycles. The quantitative estimate of drug-likeness (QED) is 0.288. The van der Waals surface area contributed by atoms with E-state index in [0.717, 1.165) is 44.2 Å². The van der Waals surface area contributed by atoms with Crippen molar-refractivity contribution in [1.82, 2.24) is 23.6 Å². The number of fused-ring (bicyclic) bond motifs is 2. The molecule has 6 nitrogen and oxygen atoms in total. The van der Waals surface area contributed by atoms with E-state index in [9.17, 15) is 31.1 Å². The van der Waals surface area contributed by atoms with Gasteiger partial charge in [-0.3, -0.25) is 13.8 Å². The van der Waals surface area contributed by atoms with Crippen molar-refractivity contribution in [1.29, 1.82) is 0 Å². The lowest BCUT2D eigenvalue weighted by Crippen LogP contribution is -2.20. The van der Waals surface area contributed by atoms with Gasteiger partial charge in [0.25, 0.3) is 5.56 Å². The van der Waals surface area contributed by atoms with Crippen molar-refractivity contribution in [2.45, 2.75) is 12.4 Å². The molecule has 0 bridgehead atoms. The van der Waals surface area contributed by atoms with Crippen LogP contribution < -0.4 is 5.56 Å². The highest BCUT2D eigenvalue weighted by molar-refractivity contribution is 14.1. The van der Waals surface area contributed by atoms with Crippen molar-refractivity contribution in [3.05, 3.63) is 62.1 Å². The fourth-order valence-electron chi connectivity index (χ4n) is 2.62. The van der Waals surface area contributed by atoms with Crippen LogP contribution in [0.3, 0.4) is 0 Å². The zero-order chi connectivity index (χ0) is 20.4. The molecule has 0 unspecified atom stereocenters. The van der Waals surface area contributed by atoms with E-state index in [2.05, 4.69) is 10.1 Å². The number of pyridine rings is 1. The predicted molar refractivity (Wildman–Crippen MR) is 92.3 cm³/mol. The fourth-order valence-corrected chi connectivity index (χ4v) is 3.39. The van der Waals surface area contributed by atoms with Gasteiger partial charge in [-0.1, -0.05) is 0 Å². The van der Waals surface area contributed by atoms with E-state index in [4.69, 9.17) is 0 Å². The molecule has 28 heavy (non-hydrogen) atoms. The first-order chi connectivity index (χ1) is 13.0. The highest BCUT2D eigenvalue weighted by Crippen LogP contribution is 2.31. The van der Waals surface area contributed by atoms with Gasteiger partial charge in [0, 0.05) is 24.7 Å². The molecule has 0 saturated carbocycles. The molecule has 0 atom stereocenters. The summed E-state index contributed by atoms with van der Waals surface area (Å²) in [4.78, 5) is 16.8. The van der Waals surface area contributed by atoms with Crippen LogP contribution in [0, 0.1) is 3.70 Å². The van der Waals surface area contributed by atoms with Gasteiger partial charge in [-0.25, -0.2) is 9.50 Å². The third-order valence-corrected chi connectivity index (χ3v) is 4.92. The smallest absolute Gasteiger partial charge is 0.292 e. The van der Waals surface area contributed by atoms with Crippen LogP contribution in [0.4, 0.5) is 26.3 Å². The van der Waals surface area contributed by atoms with Gasteiger partial charge in [-0.2, -0.15) is 31.4 Å². The monoisotopic (exact) mass is 513 g/mol. The van der Waals surface area contributed by atoms with E-state index in [1.807, 2.05) is 0 Å². The first kappa shape index (κ1) is 18.8. The molecule has 0 N–H and O–H groups in total. The summed E-state index contributed by atoms with van der Waals surface area (Å²) in [5, 5.41) is 3.31. The second-order valence-electron chi connectivity index (χ2n) is 5.70. The molecule has 13 heteroatoms. The highest BCUT2D eigenvalue weighted by atomic mass is 127. The lowest BCUT2D eigenvalue weighted by Gasteiger charge is -2.07. The molecule has 0 aliphatic rings. The lowest BCUT2D eigenvalue weighted by atomic mass is 10.3. The Morgan fingerprint density at radius 2 is 1.71 bits per heavy atom. The normalized spacial score (nSPS) is 13.0. The SMILES string of the molecule is O=c1c2cc(C(F)(F)F)nn2ccn1-c1nc2ccc(C(F)(F)F)cn2c1I. The van der Waals surface area contributed by atoms with Crippen molar-refractivity contribution >= 4 is 33.8 Å². The Morgan fingerprint density at radius 3 is 2.36 bits per heavy atom. The Bertz CT molecular complexity index is 1280. The van der Waals surface area contributed by atoms with Crippen LogP contribution in [0.15, 0.2) is 41.6 Å². The van der Waals surface area contributed by atoms with Crippen LogP contribution >= 0.6 is 22.6 Å². The topological polar surface area (TPSA) is 56.6 Å². The molecule has 4 aromatic heterocycles. The Kier molecular flexibility index (Phi) is 3.99. The standard InChI is InChI=1S/C15H6F6IN5O/c16-14(17,18)7-1-2-10-23-12(11(22)26(10)6-7)25-3-4-27-8(13(25)28)5-9(24-27)15(19,20)21/h1-6H. The third kappa shape index (κ3) is 2.93. The van der Waals surface area contributed by atoms with Gasteiger partial charge < -0.3 is 0 Å². The fraction of sp³-hybridized carbons (Fsp3) is 0.133. The van der Waals surface area contributed by atoms with E-state index < -0.39 is 29.2 Å². The number of halogens is 7. The number of alkyl halides is 6. The van der Waals surface area contributed by atoms with Crippen LogP contribution in [0.2, 0.25) is 0 Å². The number of imidazole rings is 1. The molecular weight excluding hydrogens is 507 g/mol. The number of aromatic nitrogens is 5. The average molecular weight is 513 g/mol. The van der Waals surface area contributed by atoms with Gasteiger partial charge in [0.15, 0.2) is 11.5 Å². The van der Waals surface area contributed by atoms with Gasteiger partial charge in [-0.15, -0.1) is 0 Å². The molecule has 0 spiro atoms. The van der Waals surface area contributed by atoms with Crippen LogP contribution in [0.1, 0.15) is 11.3 Å². The van der Waals surface area contributed by atoms with Crippen molar-refractivity contribution in [2.75, 3.05) is 0 Å². The first-order valence-corrected chi connectivity index (χ1v) is 8.48. The first-order valence-electron chi connectivity index (χ1n) is 7.40. The lowest BCUT2D eigenvalue weighted by molar-refractivity contribution is -0.141. The number of nitrogens with zero attached hydrogens (tertiary/aromatic N) is 5. The highest BCUT2D eigenvalue weighted by Gasteiger charge is 2.35. The van der Waals surface area contributed by atoms with Crippen LogP contribution in [0.5, 0.6) is 0 Å². The zero-order valence-corrected chi connectivity index (χ0v) is 15.4. The molecule has 4 heterocycles. The van der Waals surface area contributed by atoms with Gasteiger partial charge in [-0.05, 0) is 34.7 Å². The summed E-state index contributed by atoms with van der Waals surface area (Å²) in [6, 6.07) is 2.59. The van der Waals surface area contributed by atoms with E-state index in [-0.39, 0.29) is 20.7 Å². The zero-order valence-electron chi connectivity index (χ0n) is 13.3. The van der Waals surface area contributed by atoms with Crippen molar-refractivity contribution in [2.24, 2.45) is 0 Å². The molecule has 0 amide bonds. The average Bonchev–Trinajstić information content (AvgIpc) is 3.17. The minimum atomic E-state index is -4.73. The number of rotatable bonds is 1. The Hall–Kier alpha value is -2.58. The van der Waals surface area contributed by atoms with Crippen molar-refractivity contribution in [3.8, 4) is 5.82 Å². The Labute approximate surface area is 164 Å². The summed E-state index contributed by atoms with van der Waals surface area (Å²) in [6.45, 7) is 0. The second kappa shape index (κ2) is 5.96. The van der Waals surface area contributed by atoms with Crippen molar-refractivity contribution in [3.63, 3.8) is 0 Å². The van der Waals surface area contributed by atoms with E-state index >= 15 is 0 Å². The Balaban J connectivity index is 1.92. The third-order valence-electron chi connectivity index (χ3n) is 3.92. The molecule has 0 aliphatic heterocycles.